The predicted octanol–water partition coefficient (Wildman–Crippen LogP) is 2.56. The van der Waals surface area contributed by atoms with Crippen LogP contribution >= 0.6 is 0 Å². The van der Waals surface area contributed by atoms with Gasteiger partial charge in [0, 0.05) is 24.5 Å². The maximum Gasteiger partial charge on any atom is 0.316 e. The molecule has 1 saturated heterocycles. The van der Waals surface area contributed by atoms with Gasteiger partial charge in [-0.05, 0) is 37.1 Å². The summed E-state index contributed by atoms with van der Waals surface area (Å²) in [6.07, 6.45) is 4.87. The largest absolute Gasteiger partial charge is 0.497 e. The fraction of sp³-hybridized carbons (Fsp3) is 0.300. The number of methoxy groups -OCH3 is 1. The van der Waals surface area contributed by atoms with Crippen LogP contribution in [0.3, 0.4) is 0 Å². The second-order valence-electron chi connectivity index (χ2n) is 6.56. The Bertz CT molecular complexity index is 944. The van der Waals surface area contributed by atoms with Gasteiger partial charge in [0.05, 0.1) is 19.3 Å². The van der Waals surface area contributed by atoms with Gasteiger partial charge in [0.2, 0.25) is 0 Å². The normalized spacial score (nSPS) is 16.6. The number of aromatic nitrogens is 4. The molecule has 4 rings (SSSR count). The van der Waals surface area contributed by atoms with E-state index in [-0.39, 0.29) is 12.0 Å². The number of carbonyl (C=O) groups excluding carboxylic acids is 1. The number of nitrogens with one attached hydrogen (secondary N) is 1. The molecule has 1 unspecified atom stereocenters. The molecule has 3 heterocycles. The van der Waals surface area contributed by atoms with Gasteiger partial charge in [-0.25, -0.2) is 9.97 Å². The van der Waals surface area contributed by atoms with Crippen molar-refractivity contribution < 1.29 is 14.3 Å². The molecule has 1 N–H and O–H groups in total. The average Bonchev–Trinajstić information content (AvgIpc) is 3.24. The van der Waals surface area contributed by atoms with E-state index in [0.29, 0.717) is 30.5 Å². The van der Waals surface area contributed by atoms with Crippen LogP contribution in [0.5, 0.6) is 11.8 Å². The summed E-state index contributed by atoms with van der Waals surface area (Å²) < 4.78 is 11.1. The summed E-state index contributed by atoms with van der Waals surface area (Å²) in [5.41, 5.74) is 2.04. The maximum atomic E-state index is 12.9. The van der Waals surface area contributed by atoms with E-state index in [1.54, 1.807) is 36.5 Å². The topological polar surface area (TPSA) is 93.2 Å². The Morgan fingerprint density at radius 1 is 1.21 bits per heavy atom. The van der Waals surface area contributed by atoms with Crippen molar-refractivity contribution >= 4 is 5.91 Å². The summed E-state index contributed by atoms with van der Waals surface area (Å²) in [5, 5.41) is 7.14. The van der Waals surface area contributed by atoms with E-state index < -0.39 is 0 Å². The second kappa shape index (κ2) is 8.08. The standard InChI is InChI=1S/C20H21N5O3/c1-27-15-6-2-5-14(11-15)17-12-18(24-23-17)19(26)25-10-3-7-16(13-25)28-20-21-8-4-9-22-20/h2,4-6,8-9,11-12,16H,3,7,10,13H2,1H3,(H,23,24). The molecule has 0 bridgehead atoms. The lowest BCUT2D eigenvalue weighted by molar-refractivity contribution is 0.0510. The van der Waals surface area contributed by atoms with Crippen LogP contribution in [0, 0.1) is 0 Å². The molecule has 1 amide bonds. The van der Waals surface area contributed by atoms with Crippen LogP contribution in [0.4, 0.5) is 0 Å². The highest BCUT2D eigenvalue weighted by Crippen LogP contribution is 2.23. The molecule has 0 saturated carbocycles. The summed E-state index contributed by atoms with van der Waals surface area (Å²) in [5.74, 6) is 0.649. The third kappa shape index (κ3) is 3.95. The fourth-order valence-corrected chi connectivity index (χ4v) is 3.25. The zero-order valence-corrected chi connectivity index (χ0v) is 15.5. The molecule has 0 aliphatic carbocycles. The number of amides is 1. The van der Waals surface area contributed by atoms with Gasteiger partial charge in [-0.2, -0.15) is 5.10 Å². The quantitative estimate of drug-likeness (QED) is 0.732. The number of H-pyrrole nitrogens is 1. The second-order valence-corrected chi connectivity index (χ2v) is 6.56. The Kier molecular flexibility index (Phi) is 5.18. The molecule has 8 nitrogen and oxygen atoms in total. The molecule has 1 fully saturated rings. The first-order valence-electron chi connectivity index (χ1n) is 9.16. The summed E-state index contributed by atoms with van der Waals surface area (Å²) in [7, 11) is 1.62. The minimum Gasteiger partial charge on any atom is -0.497 e. The highest BCUT2D eigenvalue weighted by molar-refractivity contribution is 5.93. The third-order valence-corrected chi connectivity index (χ3v) is 4.65. The molecular formula is C20H21N5O3. The number of carbonyl (C=O) groups is 1. The van der Waals surface area contributed by atoms with E-state index >= 15 is 0 Å². The van der Waals surface area contributed by atoms with Crippen molar-refractivity contribution in [1.82, 2.24) is 25.1 Å². The van der Waals surface area contributed by atoms with Gasteiger partial charge in [0.15, 0.2) is 0 Å². The third-order valence-electron chi connectivity index (χ3n) is 4.65. The zero-order chi connectivity index (χ0) is 19.3. The number of nitrogens with zero attached hydrogens (tertiary/aromatic N) is 4. The number of rotatable bonds is 5. The van der Waals surface area contributed by atoms with Gasteiger partial charge < -0.3 is 14.4 Å². The molecule has 1 aliphatic heterocycles. The minimum atomic E-state index is -0.124. The summed E-state index contributed by atoms with van der Waals surface area (Å²) in [4.78, 5) is 22.9. The molecule has 1 aromatic carbocycles. The summed E-state index contributed by atoms with van der Waals surface area (Å²) in [6, 6.07) is 11.4. The van der Waals surface area contributed by atoms with Gasteiger partial charge >= 0.3 is 6.01 Å². The molecule has 0 spiro atoms. The molecule has 1 atom stereocenters. The van der Waals surface area contributed by atoms with Crippen molar-refractivity contribution in [2.24, 2.45) is 0 Å². The van der Waals surface area contributed by atoms with Crippen LogP contribution in [0.25, 0.3) is 11.3 Å². The monoisotopic (exact) mass is 379 g/mol. The number of likely N-dealkylation sites (tertiary alicyclic amines) is 1. The lowest BCUT2D eigenvalue weighted by Crippen LogP contribution is -2.44. The first-order valence-corrected chi connectivity index (χ1v) is 9.16. The molecule has 28 heavy (non-hydrogen) atoms. The van der Waals surface area contributed by atoms with Gasteiger partial charge in [-0.1, -0.05) is 12.1 Å². The van der Waals surface area contributed by atoms with Crippen LogP contribution in [-0.4, -0.2) is 57.3 Å². The van der Waals surface area contributed by atoms with Crippen LogP contribution < -0.4 is 9.47 Å². The number of benzene rings is 1. The van der Waals surface area contributed by atoms with Gasteiger partial charge in [-0.15, -0.1) is 0 Å². The molecule has 1 aliphatic rings. The van der Waals surface area contributed by atoms with Crippen LogP contribution in [0.2, 0.25) is 0 Å². The number of aromatic amines is 1. The van der Waals surface area contributed by atoms with E-state index in [0.717, 1.165) is 24.2 Å². The SMILES string of the molecule is COc1cccc(-c2cc(C(=O)N3CCCC(Oc4ncccn4)C3)[nH]n2)c1. The van der Waals surface area contributed by atoms with Gasteiger partial charge in [0.1, 0.15) is 17.5 Å². The highest BCUT2D eigenvalue weighted by atomic mass is 16.5. The van der Waals surface area contributed by atoms with Crippen molar-refractivity contribution in [3.63, 3.8) is 0 Å². The van der Waals surface area contributed by atoms with Crippen molar-refractivity contribution in [2.75, 3.05) is 20.2 Å². The van der Waals surface area contributed by atoms with Crippen molar-refractivity contribution in [2.45, 2.75) is 18.9 Å². The first kappa shape index (κ1) is 18.0. The van der Waals surface area contributed by atoms with Crippen molar-refractivity contribution in [1.29, 1.82) is 0 Å². The van der Waals surface area contributed by atoms with E-state index in [4.69, 9.17) is 9.47 Å². The Balaban J connectivity index is 1.44. The molecule has 3 aromatic rings. The maximum absolute atomic E-state index is 12.9. The Morgan fingerprint density at radius 2 is 2.07 bits per heavy atom. The average molecular weight is 379 g/mol. The van der Waals surface area contributed by atoms with Crippen LogP contribution in [0.15, 0.2) is 48.8 Å². The van der Waals surface area contributed by atoms with Gasteiger partial charge in [-0.3, -0.25) is 9.89 Å². The van der Waals surface area contributed by atoms with Crippen LogP contribution in [0.1, 0.15) is 23.3 Å². The molecule has 0 radical (unpaired) electrons. The van der Waals surface area contributed by atoms with Crippen LogP contribution in [-0.2, 0) is 0 Å². The smallest absolute Gasteiger partial charge is 0.316 e. The minimum absolute atomic E-state index is 0.0936. The Morgan fingerprint density at radius 3 is 2.89 bits per heavy atom. The number of hydrogen-bond donors (Lipinski definition) is 1. The molecule has 8 heteroatoms. The van der Waals surface area contributed by atoms with Gasteiger partial charge in [0.25, 0.3) is 5.91 Å². The summed E-state index contributed by atoms with van der Waals surface area (Å²) >= 11 is 0. The van der Waals surface area contributed by atoms with E-state index in [9.17, 15) is 4.79 Å². The van der Waals surface area contributed by atoms with E-state index in [1.807, 2.05) is 24.3 Å². The lowest BCUT2D eigenvalue weighted by atomic mass is 10.1. The van der Waals surface area contributed by atoms with Crippen molar-refractivity contribution in [3.05, 3.63) is 54.5 Å². The fourth-order valence-electron chi connectivity index (χ4n) is 3.25. The zero-order valence-electron chi connectivity index (χ0n) is 15.5. The predicted molar refractivity (Wildman–Crippen MR) is 102 cm³/mol. The van der Waals surface area contributed by atoms with Crippen molar-refractivity contribution in [3.8, 4) is 23.0 Å². The highest BCUT2D eigenvalue weighted by Gasteiger charge is 2.27. The van der Waals surface area contributed by atoms with E-state index in [2.05, 4.69) is 20.2 Å². The number of piperidine rings is 1. The molecule has 144 valence electrons. The lowest BCUT2D eigenvalue weighted by Gasteiger charge is -2.31. The first-order chi connectivity index (χ1) is 13.7. The summed E-state index contributed by atoms with van der Waals surface area (Å²) in [6.45, 7) is 1.17. The van der Waals surface area contributed by atoms with E-state index in [1.165, 1.54) is 0 Å². The Labute approximate surface area is 162 Å². The number of hydrogen-bond acceptors (Lipinski definition) is 6. The Hall–Kier alpha value is -3.42. The molecule has 2 aromatic heterocycles. The number of ether oxygens (including phenoxy) is 2. The molecular weight excluding hydrogens is 358 g/mol.